The maximum Gasteiger partial charge on any atom is 0.126 e. The van der Waals surface area contributed by atoms with Gasteiger partial charge in [-0.15, -0.1) is 11.1 Å². The van der Waals surface area contributed by atoms with E-state index >= 15 is 0 Å². The minimum atomic E-state index is -0.266. The average Bonchev–Trinajstić information content (AvgIpc) is 3.06. The van der Waals surface area contributed by atoms with E-state index in [0.29, 0.717) is 11.4 Å². The SMILES string of the molecule is CC(C)(C)c1ccnc(-c2cc(C(C)(C)C)ccn2)c1.Fc1ccnc(-c2cc[c-]cc2)c1.Fc1ccnc(-c2cc[c-]cc2)c1.[Ir]. The monoisotopic (exact) mass is 805 g/mol. The summed E-state index contributed by atoms with van der Waals surface area (Å²) in [5, 5.41) is 0. The van der Waals surface area contributed by atoms with Crippen LogP contribution in [0.5, 0.6) is 0 Å². The van der Waals surface area contributed by atoms with Crippen molar-refractivity contribution in [3.8, 4) is 33.9 Å². The molecule has 0 atom stereocenters. The Morgan fingerprint density at radius 1 is 0.447 bits per heavy atom. The molecule has 4 heterocycles. The zero-order valence-corrected chi connectivity index (χ0v) is 29.8. The Kier molecular flexibility index (Phi) is 13.3. The average molecular weight is 805 g/mol. The van der Waals surface area contributed by atoms with Gasteiger partial charge in [0.15, 0.2) is 0 Å². The Bertz CT molecular complexity index is 1700. The van der Waals surface area contributed by atoms with Gasteiger partial charge in [-0.05, 0) is 70.5 Å². The number of aromatic nitrogens is 4. The number of hydrogen-bond acceptors (Lipinski definition) is 4. The summed E-state index contributed by atoms with van der Waals surface area (Å²) in [7, 11) is 0. The molecule has 0 fully saturated rings. The molecule has 4 aromatic heterocycles. The minimum absolute atomic E-state index is 0. The van der Waals surface area contributed by atoms with Gasteiger partial charge in [-0.2, -0.15) is 60.7 Å². The van der Waals surface area contributed by atoms with Crippen LogP contribution in [0.3, 0.4) is 0 Å². The van der Waals surface area contributed by atoms with E-state index in [-0.39, 0.29) is 42.6 Å². The predicted molar refractivity (Wildman–Crippen MR) is 182 cm³/mol. The molecule has 47 heavy (non-hydrogen) atoms. The molecule has 2 aromatic carbocycles. The first kappa shape index (κ1) is 37.0. The molecule has 6 rings (SSSR count). The van der Waals surface area contributed by atoms with Crippen LogP contribution in [0.2, 0.25) is 0 Å². The van der Waals surface area contributed by atoms with Crippen molar-refractivity contribution in [1.29, 1.82) is 0 Å². The standard InChI is InChI=1S/C18H24N2.2C11H7FN.Ir/c1-17(2,3)13-7-9-19-15(11-13)16-12-14(8-10-20-16)18(4,5)6;2*12-10-6-7-13-11(8-10)9-4-2-1-3-5-9;/h7-12H,1-6H3;2*2-8H;/q;2*-1;. The summed E-state index contributed by atoms with van der Waals surface area (Å²) < 4.78 is 25.6. The van der Waals surface area contributed by atoms with E-state index in [2.05, 4.69) is 97.9 Å². The molecule has 0 saturated heterocycles. The molecule has 0 amide bonds. The zero-order chi connectivity index (χ0) is 33.2. The number of nitrogens with zero attached hydrogens (tertiary/aromatic N) is 4. The van der Waals surface area contributed by atoms with Crippen LogP contribution in [0, 0.1) is 23.8 Å². The van der Waals surface area contributed by atoms with Crippen molar-refractivity contribution in [2.75, 3.05) is 0 Å². The van der Waals surface area contributed by atoms with Gasteiger partial charge in [0.25, 0.3) is 0 Å². The summed E-state index contributed by atoms with van der Waals surface area (Å²) in [6.07, 6.45) is 6.67. The second kappa shape index (κ2) is 16.9. The number of benzene rings is 2. The third-order valence-electron chi connectivity index (χ3n) is 6.99. The first-order valence-corrected chi connectivity index (χ1v) is 15.0. The van der Waals surface area contributed by atoms with Crippen molar-refractivity contribution in [2.45, 2.75) is 52.4 Å². The van der Waals surface area contributed by atoms with Crippen molar-refractivity contribution >= 4 is 0 Å². The van der Waals surface area contributed by atoms with Crippen molar-refractivity contribution in [1.82, 2.24) is 19.9 Å². The van der Waals surface area contributed by atoms with E-state index in [1.54, 1.807) is 24.3 Å². The Morgan fingerprint density at radius 2 is 0.766 bits per heavy atom. The van der Waals surface area contributed by atoms with Gasteiger partial charge < -0.3 is 0 Å². The molecule has 0 saturated carbocycles. The number of hydrogen-bond donors (Lipinski definition) is 0. The fourth-order valence-corrected chi connectivity index (χ4v) is 4.31. The van der Waals surface area contributed by atoms with Crippen molar-refractivity contribution < 1.29 is 28.9 Å². The summed E-state index contributed by atoms with van der Waals surface area (Å²) in [4.78, 5) is 17.1. The molecular formula is C40H38F2IrN4-2. The van der Waals surface area contributed by atoms with E-state index < -0.39 is 0 Å². The van der Waals surface area contributed by atoms with Gasteiger partial charge in [0.2, 0.25) is 0 Å². The van der Waals surface area contributed by atoms with Crippen LogP contribution in [0.15, 0.2) is 122 Å². The smallest absolute Gasteiger partial charge is 0.126 e. The molecule has 0 unspecified atom stereocenters. The van der Waals surface area contributed by atoms with E-state index in [9.17, 15) is 8.78 Å². The van der Waals surface area contributed by atoms with Gasteiger partial charge in [0.05, 0.1) is 11.4 Å². The number of pyridine rings is 4. The molecule has 7 heteroatoms. The summed E-state index contributed by atoms with van der Waals surface area (Å²) in [6, 6.07) is 34.2. The van der Waals surface area contributed by atoms with Gasteiger partial charge >= 0.3 is 0 Å². The van der Waals surface area contributed by atoms with Crippen LogP contribution >= 0.6 is 0 Å². The first-order chi connectivity index (χ1) is 21.9. The van der Waals surface area contributed by atoms with Crippen LogP contribution in [-0.4, -0.2) is 19.9 Å². The van der Waals surface area contributed by atoms with Gasteiger partial charge in [-0.1, -0.05) is 41.5 Å². The zero-order valence-electron chi connectivity index (χ0n) is 27.4. The topological polar surface area (TPSA) is 51.6 Å². The molecule has 0 bridgehead atoms. The third kappa shape index (κ3) is 11.4. The molecule has 0 spiro atoms. The second-order valence-electron chi connectivity index (χ2n) is 12.7. The maximum atomic E-state index is 12.8. The van der Waals surface area contributed by atoms with Crippen LogP contribution < -0.4 is 0 Å². The number of halogens is 2. The fraction of sp³-hybridized carbons (Fsp3) is 0.200. The van der Waals surface area contributed by atoms with Crippen molar-refractivity contribution in [2.24, 2.45) is 0 Å². The number of rotatable bonds is 3. The van der Waals surface area contributed by atoms with Gasteiger partial charge in [0.1, 0.15) is 11.6 Å². The summed E-state index contributed by atoms with van der Waals surface area (Å²) in [6.45, 7) is 13.3. The molecule has 0 N–H and O–H groups in total. The normalized spacial score (nSPS) is 10.8. The molecule has 4 nitrogen and oxygen atoms in total. The Labute approximate surface area is 290 Å². The maximum absolute atomic E-state index is 12.8. The third-order valence-corrected chi connectivity index (χ3v) is 6.99. The molecule has 6 aromatic rings. The minimum Gasteiger partial charge on any atom is -0.258 e. The largest absolute Gasteiger partial charge is 0.258 e. The Balaban J connectivity index is 0.000000196. The van der Waals surface area contributed by atoms with Crippen LogP contribution in [0.25, 0.3) is 33.9 Å². The van der Waals surface area contributed by atoms with Gasteiger partial charge in [0, 0.05) is 56.3 Å². The van der Waals surface area contributed by atoms with Gasteiger partial charge in [-0.25, -0.2) is 8.78 Å². The quantitative estimate of drug-likeness (QED) is 0.167. The molecule has 0 aliphatic rings. The Hall–Kier alpha value is -4.45. The van der Waals surface area contributed by atoms with E-state index in [4.69, 9.17) is 0 Å². The molecule has 1 radical (unpaired) electrons. The second-order valence-corrected chi connectivity index (χ2v) is 12.7. The van der Waals surface area contributed by atoms with Crippen molar-refractivity contribution in [3.63, 3.8) is 0 Å². The van der Waals surface area contributed by atoms with Crippen LogP contribution in [0.1, 0.15) is 52.7 Å². The van der Waals surface area contributed by atoms with E-state index in [1.165, 1.54) is 47.8 Å². The molecule has 243 valence electrons. The molecule has 0 aliphatic carbocycles. The van der Waals surface area contributed by atoms with Gasteiger partial charge in [-0.3, -0.25) is 19.9 Å². The van der Waals surface area contributed by atoms with Crippen LogP contribution in [0.4, 0.5) is 8.78 Å². The summed E-state index contributed by atoms with van der Waals surface area (Å²) in [5.74, 6) is -0.532. The summed E-state index contributed by atoms with van der Waals surface area (Å²) >= 11 is 0. The van der Waals surface area contributed by atoms with Crippen molar-refractivity contribution in [3.05, 3.63) is 157 Å². The fourth-order valence-electron chi connectivity index (χ4n) is 4.31. The van der Waals surface area contributed by atoms with Crippen LogP contribution in [-0.2, 0) is 30.9 Å². The van der Waals surface area contributed by atoms with E-state index in [1.807, 2.05) is 36.7 Å². The summed E-state index contributed by atoms with van der Waals surface area (Å²) in [5.41, 5.74) is 7.81. The Morgan fingerprint density at radius 3 is 1.09 bits per heavy atom. The first-order valence-electron chi connectivity index (χ1n) is 15.0. The predicted octanol–water partition coefficient (Wildman–Crippen LogP) is 10.1. The molecule has 0 aliphatic heterocycles. The van der Waals surface area contributed by atoms with E-state index in [0.717, 1.165) is 22.5 Å². The molecular weight excluding hydrogens is 767 g/mol.